The van der Waals surface area contributed by atoms with Gasteiger partial charge in [0.2, 0.25) is 0 Å². The van der Waals surface area contributed by atoms with Crippen LogP contribution in [-0.4, -0.2) is 28.0 Å². The van der Waals surface area contributed by atoms with Crippen LogP contribution < -0.4 is 4.90 Å². The summed E-state index contributed by atoms with van der Waals surface area (Å²) < 4.78 is 0. The smallest absolute Gasteiger partial charge is 0.185 e. The molecule has 21 heavy (non-hydrogen) atoms. The van der Waals surface area contributed by atoms with Gasteiger partial charge in [-0.2, -0.15) is 0 Å². The molecular formula is C16H18N4S. The Morgan fingerprint density at radius 2 is 2.19 bits per heavy atom. The maximum absolute atomic E-state index is 4.77. The van der Waals surface area contributed by atoms with Crippen molar-refractivity contribution in [2.45, 2.75) is 25.7 Å². The van der Waals surface area contributed by atoms with E-state index < -0.39 is 0 Å². The quantitative estimate of drug-likeness (QED) is 0.784. The molecule has 108 valence electrons. The van der Waals surface area contributed by atoms with Gasteiger partial charge in [-0.3, -0.25) is 0 Å². The predicted octanol–water partition coefficient (Wildman–Crippen LogP) is 3.71. The number of para-hydroxylation sites is 2. The molecule has 1 unspecified atom stereocenters. The van der Waals surface area contributed by atoms with Crippen LogP contribution in [-0.2, 0) is 0 Å². The number of aryl methyl sites for hydroxylation is 1. The fraction of sp³-hybridized carbons (Fsp3) is 0.375. The highest BCUT2D eigenvalue weighted by Gasteiger charge is 2.25. The van der Waals surface area contributed by atoms with E-state index in [4.69, 9.17) is 4.98 Å². The minimum Gasteiger partial charge on any atom is -0.347 e. The van der Waals surface area contributed by atoms with E-state index in [-0.39, 0.29) is 0 Å². The topological polar surface area (TPSA) is 44.8 Å². The third-order valence-electron chi connectivity index (χ3n) is 4.09. The number of thiazole rings is 1. The van der Waals surface area contributed by atoms with Gasteiger partial charge in [0.1, 0.15) is 5.82 Å². The number of aromatic amines is 1. The monoisotopic (exact) mass is 298 g/mol. The number of aromatic nitrogens is 3. The number of hydrogen-bond acceptors (Lipinski definition) is 4. The molecule has 2 aromatic heterocycles. The first-order valence-corrected chi connectivity index (χ1v) is 8.29. The Morgan fingerprint density at radius 1 is 1.29 bits per heavy atom. The molecule has 3 heterocycles. The molecule has 1 N–H and O–H groups in total. The minimum atomic E-state index is 0.468. The SMILES string of the molecule is Cc1csc(N2CCCC(c3nc4ccccc4[nH]3)C2)n1. The lowest BCUT2D eigenvalue weighted by molar-refractivity contribution is 0.494. The van der Waals surface area contributed by atoms with E-state index >= 15 is 0 Å². The fourth-order valence-electron chi connectivity index (χ4n) is 3.03. The molecule has 0 radical (unpaired) electrons. The Bertz CT molecular complexity index is 727. The summed E-state index contributed by atoms with van der Waals surface area (Å²) in [4.78, 5) is 15.3. The van der Waals surface area contributed by atoms with Crippen LogP contribution in [0.3, 0.4) is 0 Å². The van der Waals surface area contributed by atoms with Crippen LogP contribution in [0.5, 0.6) is 0 Å². The van der Waals surface area contributed by atoms with Gasteiger partial charge in [0.25, 0.3) is 0 Å². The average Bonchev–Trinajstić information content (AvgIpc) is 3.13. The molecule has 1 atom stereocenters. The zero-order chi connectivity index (χ0) is 14.2. The Balaban J connectivity index is 1.60. The van der Waals surface area contributed by atoms with Crippen molar-refractivity contribution in [1.29, 1.82) is 0 Å². The summed E-state index contributed by atoms with van der Waals surface area (Å²) in [5.74, 6) is 1.59. The zero-order valence-electron chi connectivity index (χ0n) is 12.0. The molecule has 0 amide bonds. The molecule has 1 saturated heterocycles. The second-order valence-electron chi connectivity index (χ2n) is 5.70. The third-order valence-corrected chi connectivity index (χ3v) is 5.11. The Hall–Kier alpha value is -1.88. The number of nitrogens with one attached hydrogen (secondary N) is 1. The van der Waals surface area contributed by atoms with Gasteiger partial charge in [-0.05, 0) is 31.9 Å². The summed E-state index contributed by atoms with van der Waals surface area (Å²) in [6.45, 7) is 4.16. The van der Waals surface area contributed by atoms with E-state index in [1.165, 1.54) is 12.8 Å². The van der Waals surface area contributed by atoms with Crippen LogP contribution >= 0.6 is 11.3 Å². The number of fused-ring (bicyclic) bond motifs is 1. The summed E-state index contributed by atoms with van der Waals surface area (Å²) in [5.41, 5.74) is 3.31. The lowest BCUT2D eigenvalue weighted by atomic mass is 9.98. The standard InChI is InChI=1S/C16H18N4S/c1-11-10-21-16(17-11)20-8-4-5-12(9-20)15-18-13-6-2-3-7-14(13)19-15/h2-3,6-7,10,12H,4-5,8-9H2,1H3,(H,18,19). The van der Waals surface area contributed by atoms with Gasteiger partial charge in [-0.15, -0.1) is 11.3 Å². The van der Waals surface area contributed by atoms with Crippen molar-refractivity contribution in [3.63, 3.8) is 0 Å². The van der Waals surface area contributed by atoms with Crippen molar-refractivity contribution in [1.82, 2.24) is 15.0 Å². The van der Waals surface area contributed by atoms with Crippen molar-refractivity contribution in [3.05, 3.63) is 41.2 Å². The van der Waals surface area contributed by atoms with Crippen LogP contribution in [0.2, 0.25) is 0 Å². The molecule has 1 fully saturated rings. The first-order chi connectivity index (χ1) is 10.3. The predicted molar refractivity (Wildman–Crippen MR) is 87.1 cm³/mol. The number of benzene rings is 1. The molecule has 3 aromatic rings. The molecule has 1 aliphatic heterocycles. The lowest BCUT2D eigenvalue weighted by Crippen LogP contribution is -2.34. The summed E-state index contributed by atoms with van der Waals surface area (Å²) in [7, 11) is 0. The fourth-order valence-corrected chi connectivity index (χ4v) is 3.87. The van der Waals surface area contributed by atoms with E-state index in [2.05, 4.69) is 45.4 Å². The number of hydrogen-bond donors (Lipinski definition) is 1. The number of H-pyrrole nitrogens is 1. The largest absolute Gasteiger partial charge is 0.347 e. The number of anilines is 1. The van der Waals surface area contributed by atoms with Gasteiger partial charge in [-0.25, -0.2) is 9.97 Å². The Morgan fingerprint density at radius 3 is 3.00 bits per heavy atom. The van der Waals surface area contributed by atoms with E-state index in [1.54, 1.807) is 11.3 Å². The van der Waals surface area contributed by atoms with Gasteiger partial charge in [0.15, 0.2) is 5.13 Å². The summed E-state index contributed by atoms with van der Waals surface area (Å²) in [6, 6.07) is 8.25. The molecule has 1 aromatic carbocycles. The normalized spacial score (nSPS) is 19.3. The average molecular weight is 298 g/mol. The molecule has 4 rings (SSSR count). The van der Waals surface area contributed by atoms with Crippen LogP contribution in [0.1, 0.15) is 30.3 Å². The van der Waals surface area contributed by atoms with Crippen molar-refractivity contribution in [2.75, 3.05) is 18.0 Å². The third kappa shape index (κ3) is 2.42. The molecule has 0 saturated carbocycles. The number of piperidine rings is 1. The van der Waals surface area contributed by atoms with Crippen molar-refractivity contribution in [3.8, 4) is 0 Å². The molecule has 0 aliphatic carbocycles. The van der Waals surface area contributed by atoms with Crippen LogP contribution in [0.15, 0.2) is 29.6 Å². The molecule has 1 aliphatic rings. The first-order valence-electron chi connectivity index (χ1n) is 7.41. The summed E-state index contributed by atoms with van der Waals surface area (Å²) in [5, 5.41) is 3.27. The van der Waals surface area contributed by atoms with Gasteiger partial charge < -0.3 is 9.88 Å². The van der Waals surface area contributed by atoms with Crippen molar-refractivity contribution >= 4 is 27.5 Å². The second-order valence-corrected chi connectivity index (χ2v) is 6.53. The summed E-state index contributed by atoms with van der Waals surface area (Å²) in [6.07, 6.45) is 2.39. The number of imidazole rings is 1. The van der Waals surface area contributed by atoms with E-state index in [1.807, 2.05) is 6.07 Å². The van der Waals surface area contributed by atoms with Crippen LogP contribution in [0.4, 0.5) is 5.13 Å². The minimum absolute atomic E-state index is 0.468. The van der Waals surface area contributed by atoms with Crippen LogP contribution in [0, 0.1) is 6.92 Å². The highest BCUT2D eigenvalue weighted by atomic mass is 32.1. The lowest BCUT2D eigenvalue weighted by Gasteiger charge is -2.31. The number of nitrogens with zero attached hydrogens (tertiary/aromatic N) is 3. The molecule has 5 heteroatoms. The Labute approximate surface area is 127 Å². The van der Waals surface area contributed by atoms with Crippen LogP contribution in [0.25, 0.3) is 11.0 Å². The highest BCUT2D eigenvalue weighted by Crippen LogP contribution is 2.31. The first kappa shape index (κ1) is 12.8. The highest BCUT2D eigenvalue weighted by molar-refractivity contribution is 7.13. The molecule has 0 spiro atoms. The number of rotatable bonds is 2. The van der Waals surface area contributed by atoms with E-state index in [9.17, 15) is 0 Å². The summed E-state index contributed by atoms with van der Waals surface area (Å²) >= 11 is 1.74. The van der Waals surface area contributed by atoms with Crippen molar-refractivity contribution in [2.24, 2.45) is 0 Å². The van der Waals surface area contributed by atoms with E-state index in [0.717, 1.165) is 40.8 Å². The zero-order valence-corrected chi connectivity index (χ0v) is 12.9. The molecule has 4 nitrogen and oxygen atoms in total. The Kier molecular flexibility index (Phi) is 3.15. The van der Waals surface area contributed by atoms with Gasteiger partial charge in [-0.1, -0.05) is 12.1 Å². The maximum Gasteiger partial charge on any atom is 0.185 e. The van der Waals surface area contributed by atoms with Gasteiger partial charge in [0, 0.05) is 24.4 Å². The van der Waals surface area contributed by atoms with Crippen molar-refractivity contribution < 1.29 is 0 Å². The molecular weight excluding hydrogens is 280 g/mol. The van der Waals surface area contributed by atoms with E-state index in [0.29, 0.717) is 5.92 Å². The maximum atomic E-state index is 4.77. The second kappa shape index (κ2) is 5.15. The molecule has 0 bridgehead atoms. The van der Waals surface area contributed by atoms with Gasteiger partial charge >= 0.3 is 0 Å². The van der Waals surface area contributed by atoms with Gasteiger partial charge in [0.05, 0.1) is 16.7 Å².